The number of unbranched alkanes of at least 4 members (excludes halogenated alkanes) is 20. The maximum atomic E-state index is 12.8. The Hall–Kier alpha value is -3.93. The maximum Gasteiger partial charge on any atom is 0.306 e. The number of hydrogen-bond donors (Lipinski definition) is 0. The van der Waals surface area contributed by atoms with E-state index < -0.39 is 6.10 Å². The lowest BCUT2D eigenvalue weighted by molar-refractivity contribution is -0.167. The van der Waals surface area contributed by atoms with Crippen LogP contribution in [0.4, 0.5) is 0 Å². The van der Waals surface area contributed by atoms with Gasteiger partial charge in [0.15, 0.2) is 6.10 Å². The summed E-state index contributed by atoms with van der Waals surface area (Å²) in [5.41, 5.74) is 0. The molecular weight excluding hydrogens is 781 g/mol. The van der Waals surface area contributed by atoms with Gasteiger partial charge in [0.1, 0.15) is 13.2 Å². The Morgan fingerprint density at radius 3 is 1.21 bits per heavy atom. The van der Waals surface area contributed by atoms with Crippen LogP contribution in [-0.2, 0) is 28.6 Å². The van der Waals surface area contributed by atoms with Crippen LogP contribution >= 0.6 is 0 Å². The van der Waals surface area contributed by atoms with E-state index in [1.165, 1.54) is 89.9 Å². The third-order valence-corrected chi connectivity index (χ3v) is 10.4. The van der Waals surface area contributed by atoms with Gasteiger partial charge in [-0.05, 0) is 64.2 Å². The molecule has 63 heavy (non-hydrogen) atoms. The SMILES string of the molecule is CC\C=C/C=C\C=C/C=C\C=C\C=C/CCCCCC(=O)OCC(COC(=O)CCC/C=C\C/C=C\C/C=C\CC)OC(=O)CCCCCCCCCCCCCCCCCCC. The zero-order valence-electron chi connectivity index (χ0n) is 40.5. The summed E-state index contributed by atoms with van der Waals surface area (Å²) < 4.78 is 16.7. The highest BCUT2D eigenvalue weighted by atomic mass is 16.6. The van der Waals surface area contributed by atoms with Gasteiger partial charge in [0.25, 0.3) is 0 Å². The molecule has 1 atom stereocenters. The molecule has 0 aliphatic rings. The lowest BCUT2D eigenvalue weighted by atomic mass is 10.0. The number of carbonyl (C=O) groups is 3. The van der Waals surface area contributed by atoms with E-state index >= 15 is 0 Å². The van der Waals surface area contributed by atoms with E-state index in [0.717, 1.165) is 77.0 Å². The van der Waals surface area contributed by atoms with Gasteiger partial charge >= 0.3 is 17.9 Å². The summed E-state index contributed by atoms with van der Waals surface area (Å²) in [4.78, 5) is 37.9. The Kier molecular flexibility index (Phi) is 47.5. The third-order valence-electron chi connectivity index (χ3n) is 10.4. The second-order valence-electron chi connectivity index (χ2n) is 16.5. The van der Waals surface area contributed by atoms with Crippen LogP contribution in [0.25, 0.3) is 0 Å². The zero-order chi connectivity index (χ0) is 45.8. The van der Waals surface area contributed by atoms with Crippen LogP contribution in [0.3, 0.4) is 0 Å². The van der Waals surface area contributed by atoms with Crippen LogP contribution in [0.15, 0.2) is 109 Å². The molecule has 0 heterocycles. The first kappa shape index (κ1) is 59.1. The molecule has 1 unspecified atom stereocenters. The molecule has 0 aromatic carbocycles. The average molecular weight is 873 g/mol. The fraction of sp³-hybridized carbons (Fsp3) is 0.632. The highest BCUT2D eigenvalue weighted by Gasteiger charge is 2.19. The molecule has 0 saturated carbocycles. The smallest absolute Gasteiger partial charge is 0.306 e. The van der Waals surface area contributed by atoms with Crippen LogP contribution in [0.1, 0.15) is 213 Å². The van der Waals surface area contributed by atoms with Crippen molar-refractivity contribution in [2.24, 2.45) is 0 Å². The summed E-state index contributed by atoms with van der Waals surface area (Å²) in [6, 6.07) is 0. The van der Waals surface area contributed by atoms with Crippen molar-refractivity contribution in [2.75, 3.05) is 13.2 Å². The molecule has 0 saturated heterocycles. The minimum Gasteiger partial charge on any atom is -0.462 e. The van der Waals surface area contributed by atoms with E-state index in [-0.39, 0.29) is 37.5 Å². The van der Waals surface area contributed by atoms with E-state index in [1.807, 2.05) is 60.8 Å². The van der Waals surface area contributed by atoms with E-state index in [1.54, 1.807) is 0 Å². The number of hydrogen-bond acceptors (Lipinski definition) is 6. The molecule has 0 fully saturated rings. The Morgan fingerprint density at radius 2 is 0.714 bits per heavy atom. The van der Waals surface area contributed by atoms with Crippen LogP contribution in [0.2, 0.25) is 0 Å². The minimum absolute atomic E-state index is 0.117. The van der Waals surface area contributed by atoms with Gasteiger partial charge in [0, 0.05) is 19.3 Å². The zero-order valence-corrected chi connectivity index (χ0v) is 40.5. The van der Waals surface area contributed by atoms with Crippen molar-refractivity contribution in [3.63, 3.8) is 0 Å². The molecule has 356 valence electrons. The molecule has 6 nitrogen and oxygen atoms in total. The first-order valence-electron chi connectivity index (χ1n) is 25.5. The molecule has 6 heteroatoms. The van der Waals surface area contributed by atoms with Gasteiger partial charge in [-0.25, -0.2) is 0 Å². The summed E-state index contributed by atoms with van der Waals surface area (Å²) in [6.45, 7) is 6.28. The second kappa shape index (κ2) is 50.7. The van der Waals surface area contributed by atoms with Crippen molar-refractivity contribution in [2.45, 2.75) is 219 Å². The predicted octanol–water partition coefficient (Wildman–Crippen LogP) is 16.8. The topological polar surface area (TPSA) is 78.9 Å². The summed E-state index contributed by atoms with van der Waals surface area (Å²) >= 11 is 0. The van der Waals surface area contributed by atoms with E-state index in [2.05, 4.69) is 69.4 Å². The van der Waals surface area contributed by atoms with Crippen LogP contribution < -0.4 is 0 Å². The van der Waals surface area contributed by atoms with Gasteiger partial charge < -0.3 is 14.2 Å². The standard InChI is InChI=1S/C57H92O6/c1-4-7-10-13-16-19-22-24-26-28-30-32-35-38-41-44-47-50-56(59)62-53-54(52-61-55(58)49-46-43-40-37-34-21-18-15-12-9-6-3)63-57(60)51-48-45-42-39-36-33-31-29-27-25-23-20-17-14-11-8-5-2/h7,9-10,12-13,16,18-19,21-22,24,26,28,30,32,35,37,40,54H,4-6,8,11,14-15,17,20,23,25,27,29,31,33-34,36,38-39,41-53H2,1-3H3/b10-7-,12-9-,16-13-,21-18-,22-19-,26-24-,30-28+,35-32-,40-37-. The van der Waals surface area contributed by atoms with Crippen LogP contribution in [0, 0.1) is 0 Å². The molecule has 0 radical (unpaired) electrons. The summed E-state index contributed by atoms with van der Waals surface area (Å²) in [6.07, 6.45) is 68.0. The highest BCUT2D eigenvalue weighted by molar-refractivity contribution is 5.71. The van der Waals surface area contributed by atoms with Crippen molar-refractivity contribution < 1.29 is 28.6 Å². The van der Waals surface area contributed by atoms with Gasteiger partial charge in [-0.2, -0.15) is 0 Å². The second-order valence-corrected chi connectivity index (χ2v) is 16.5. The van der Waals surface area contributed by atoms with Crippen molar-refractivity contribution >= 4 is 17.9 Å². The molecule has 0 aromatic heterocycles. The fourth-order valence-corrected chi connectivity index (χ4v) is 6.67. The molecular formula is C57H92O6. The monoisotopic (exact) mass is 873 g/mol. The third kappa shape index (κ3) is 49.0. The van der Waals surface area contributed by atoms with Crippen LogP contribution in [0.5, 0.6) is 0 Å². The largest absolute Gasteiger partial charge is 0.462 e. The number of allylic oxidation sites excluding steroid dienone is 18. The molecule has 0 amide bonds. The lowest BCUT2D eigenvalue weighted by Gasteiger charge is -2.18. The molecule has 0 aromatic rings. The minimum atomic E-state index is -0.816. The Labute approximate surface area is 387 Å². The quantitative estimate of drug-likeness (QED) is 0.0199. The summed E-state index contributed by atoms with van der Waals surface area (Å²) in [7, 11) is 0. The maximum absolute atomic E-state index is 12.8. The molecule has 0 spiro atoms. The molecule has 0 N–H and O–H groups in total. The van der Waals surface area contributed by atoms with Crippen LogP contribution in [-0.4, -0.2) is 37.2 Å². The van der Waals surface area contributed by atoms with Gasteiger partial charge in [-0.15, -0.1) is 0 Å². The fourth-order valence-electron chi connectivity index (χ4n) is 6.67. The van der Waals surface area contributed by atoms with E-state index in [4.69, 9.17) is 14.2 Å². The molecule has 0 aliphatic carbocycles. The Morgan fingerprint density at radius 1 is 0.349 bits per heavy atom. The average Bonchev–Trinajstić information content (AvgIpc) is 3.28. The Balaban J connectivity index is 4.50. The lowest BCUT2D eigenvalue weighted by Crippen LogP contribution is -2.30. The van der Waals surface area contributed by atoms with Crippen molar-refractivity contribution in [3.05, 3.63) is 109 Å². The molecule has 0 rings (SSSR count). The normalized spacial score (nSPS) is 13.0. The first-order valence-corrected chi connectivity index (χ1v) is 25.5. The van der Waals surface area contributed by atoms with E-state index in [0.29, 0.717) is 19.3 Å². The summed E-state index contributed by atoms with van der Waals surface area (Å²) in [5.74, 6) is -1.02. The van der Waals surface area contributed by atoms with Gasteiger partial charge in [0.05, 0.1) is 0 Å². The van der Waals surface area contributed by atoms with Gasteiger partial charge in [-0.1, -0.05) is 239 Å². The number of esters is 3. The Bertz CT molecular complexity index is 1330. The predicted molar refractivity (Wildman–Crippen MR) is 270 cm³/mol. The molecule has 0 aliphatic heterocycles. The first-order chi connectivity index (χ1) is 31.0. The van der Waals surface area contributed by atoms with Gasteiger partial charge in [0.2, 0.25) is 0 Å². The summed E-state index contributed by atoms with van der Waals surface area (Å²) in [5, 5.41) is 0. The van der Waals surface area contributed by atoms with Gasteiger partial charge in [-0.3, -0.25) is 14.4 Å². The number of ether oxygens (including phenoxy) is 3. The van der Waals surface area contributed by atoms with Crippen molar-refractivity contribution in [1.82, 2.24) is 0 Å². The van der Waals surface area contributed by atoms with Crippen molar-refractivity contribution in [3.8, 4) is 0 Å². The highest BCUT2D eigenvalue weighted by Crippen LogP contribution is 2.15. The van der Waals surface area contributed by atoms with Crippen molar-refractivity contribution in [1.29, 1.82) is 0 Å². The number of carbonyl (C=O) groups excluding carboxylic acids is 3. The number of rotatable bonds is 44. The van der Waals surface area contributed by atoms with E-state index in [9.17, 15) is 14.4 Å². The molecule has 0 bridgehead atoms.